The minimum Gasteiger partial charge on any atom is -0.489 e. The number of methoxy groups -OCH3 is 1. The van der Waals surface area contributed by atoms with E-state index in [0.29, 0.717) is 30.0 Å². The van der Waals surface area contributed by atoms with E-state index in [0.717, 1.165) is 25.7 Å². The normalized spacial score (nSPS) is 31.1. The average molecular weight is 434 g/mol. The van der Waals surface area contributed by atoms with Crippen molar-refractivity contribution in [3.05, 3.63) is 22.6 Å². The number of ether oxygens (including phenoxy) is 3. The molecule has 1 aliphatic carbocycles. The highest BCUT2D eigenvalue weighted by Crippen LogP contribution is 2.55. The Kier molecular flexibility index (Phi) is 5.83. The zero-order valence-electron chi connectivity index (χ0n) is 18.4. The number of primary amides is 1. The largest absolute Gasteiger partial charge is 0.489 e. The number of carbonyl (C=O) groups excluding carboxylic acids is 3. The Bertz CT molecular complexity index is 865. The zero-order chi connectivity index (χ0) is 22.3. The van der Waals surface area contributed by atoms with E-state index in [-0.39, 0.29) is 36.0 Å². The molecule has 0 spiro atoms. The van der Waals surface area contributed by atoms with Gasteiger partial charge in [0.1, 0.15) is 6.61 Å². The Morgan fingerprint density at radius 2 is 1.97 bits per heavy atom. The molecule has 3 N–H and O–H groups in total. The van der Waals surface area contributed by atoms with Crippen LogP contribution in [0.25, 0.3) is 0 Å². The number of hydrogen-bond acceptors (Lipinski definition) is 8. The number of Topliss-reactive ketones (excluding diaryl/α,β-unsaturated/α-hetero) is 2. The van der Waals surface area contributed by atoms with Crippen molar-refractivity contribution in [3.63, 3.8) is 0 Å². The van der Waals surface area contributed by atoms with Crippen molar-refractivity contribution in [1.82, 2.24) is 10.2 Å². The molecule has 4 unspecified atom stereocenters. The third-order valence-electron chi connectivity index (χ3n) is 6.87. The van der Waals surface area contributed by atoms with Crippen molar-refractivity contribution in [2.45, 2.75) is 63.8 Å². The van der Waals surface area contributed by atoms with Crippen molar-refractivity contribution in [2.75, 3.05) is 26.9 Å². The highest BCUT2D eigenvalue weighted by atomic mass is 16.6. The molecule has 3 aliphatic heterocycles. The van der Waals surface area contributed by atoms with Crippen LogP contribution in [-0.4, -0.2) is 67.2 Å². The molecule has 2 fully saturated rings. The molecule has 0 bridgehead atoms. The molecule has 9 nitrogen and oxygen atoms in total. The Balaban J connectivity index is 1.59. The van der Waals surface area contributed by atoms with Gasteiger partial charge in [-0.3, -0.25) is 9.59 Å². The lowest BCUT2D eigenvalue weighted by atomic mass is 9.83. The van der Waals surface area contributed by atoms with E-state index in [1.165, 1.54) is 6.42 Å². The van der Waals surface area contributed by atoms with Crippen LogP contribution in [0.15, 0.2) is 22.6 Å². The average Bonchev–Trinajstić information content (AvgIpc) is 3.35. The number of unbranched alkanes of at least 4 members (excludes halogenated alkanes) is 4. The minimum atomic E-state index is -0.966. The van der Waals surface area contributed by atoms with Crippen LogP contribution in [0.4, 0.5) is 4.79 Å². The highest BCUT2D eigenvalue weighted by molar-refractivity contribution is 6.25. The van der Waals surface area contributed by atoms with Gasteiger partial charge in [0.2, 0.25) is 11.6 Å². The van der Waals surface area contributed by atoms with E-state index in [9.17, 15) is 14.4 Å². The van der Waals surface area contributed by atoms with Gasteiger partial charge in [-0.05, 0) is 13.3 Å². The number of piperazine rings is 1. The second kappa shape index (κ2) is 8.27. The van der Waals surface area contributed by atoms with E-state index in [2.05, 4.69) is 12.2 Å². The molecule has 0 aromatic rings. The van der Waals surface area contributed by atoms with E-state index < -0.39 is 17.7 Å². The molecular weight excluding hydrogens is 402 g/mol. The molecule has 1 amide bonds. The smallest absolute Gasteiger partial charge is 0.404 e. The van der Waals surface area contributed by atoms with Gasteiger partial charge in [-0.15, -0.1) is 0 Å². The quantitative estimate of drug-likeness (QED) is 0.300. The molecule has 0 radical (unpaired) electrons. The number of hydrogen-bond donors (Lipinski definition) is 2. The molecule has 2 saturated heterocycles. The highest BCUT2D eigenvalue weighted by Gasteiger charge is 2.72. The number of rotatable bonds is 10. The maximum atomic E-state index is 13.5. The molecule has 3 heterocycles. The first-order valence-electron chi connectivity index (χ1n) is 11.1. The molecule has 170 valence electrons. The van der Waals surface area contributed by atoms with Gasteiger partial charge < -0.3 is 30.2 Å². The zero-order valence-corrected chi connectivity index (χ0v) is 18.4. The fourth-order valence-electron chi connectivity index (χ4n) is 5.32. The molecule has 9 heteroatoms. The number of nitrogens with two attached hydrogens (primary N) is 1. The van der Waals surface area contributed by atoms with Gasteiger partial charge in [-0.1, -0.05) is 32.6 Å². The molecule has 4 aliphatic rings. The van der Waals surface area contributed by atoms with Crippen molar-refractivity contribution in [3.8, 4) is 0 Å². The van der Waals surface area contributed by atoms with Crippen LogP contribution in [0.1, 0.15) is 46.0 Å². The number of carbonyl (C=O) groups is 3. The third-order valence-corrected chi connectivity index (χ3v) is 6.87. The van der Waals surface area contributed by atoms with Crippen molar-refractivity contribution < 1.29 is 28.6 Å². The molecule has 0 aromatic carbocycles. The Labute approximate surface area is 181 Å². The first-order valence-corrected chi connectivity index (χ1v) is 11.1. The summed E-state index contributed by atoms with van der Waals surface area (Å²) in [7, 11) is 1.55. The molecule has 0 saturated carbocycles. The number of fused-ring (bicyclic) bond motifs is 4. The van der Waals surface area contributed by atoms with Gasteiger partial charge in [0, 0.05) is 30.8 Å². The second-order valence-corrected chi connectivity index (χ2v) is 8.64. The third kappa shape index (κ3) is 3.34. The first kappa shape index (κ1) is 21.8. The van der Waals surface area contributed by atoms with Crippen LogP contribution < -0.4 is 11.1 Å². The SMILES string of the molecule is CCCCCCCOC1=C(C)C(=O)C2=C(C1=O)C(COC(N)=O)C1(OC)C3NC3CN21. The van der Waals surface area contributed by atoms with E-state index in [1.54, 1.807) is 14.0 Å². The standard InChI is InChI=1S/C22H31N3O6/c1-4-5-6-7-8-9-30-19-12(2)17(26)16-15(18(19)27)13(11-31-21(23)28)22(29-3)20-14(24-20)10-25(16)22/h13-14,20,24H,4-11H2,1-3H3,(H2,23,28). The van der Waals surface area contributed by atoms with Crippen molar-refractivity contribution >= 4 is 17.7 Å². The van der Waals surface area contributed by atoms with Gasteiger partial charge in [-0.2, -0.15) is 0 Å². The number of nitrogens with zero attached hydrogens (tertiary/aromatic N) is 1. The van der Waals surface area contributed by atoms with E-state index in [1.807, 2.05) is 4.90 Å². The van der Waals surface area contributed by atoms with Crippen LogP contribution in [0.3, 0.4) is 0 Å². The minimum absolute atomic E-state index is 0.0617. The Morgan fingerprint density at radius 1 is 1.23 bits per heavy atom. The summed E-state index contributed by atoms with van der Waals surface area (Å²) in [4.78, 5) is 40.1. The van der Waals surface area contributed by atoms with E-state index in [4.69, 9.17) is 19.9 Å². The lowest BCUT2D eigenvalue weighted by Crippen LogP contribution is -2.55. The number of ketones is 2. The number of nitrogens with one attached hydrogen (secondary N) is 1. The summed E-state index contributed by atoms with van der Waals surface area (Å²) in [5, 5.41) is 3.34. The lowest BCUT2D eigenvalue weighted by molar-refractivity contribution is -0.137. The summed E-state index contributed by atoms with van der Waals surface area (Å²) >= 11 is 0. The van der Waals surface area contributed by atoms with E-state index >= 15 is 0 Å². The summed E-state index contributed by atoms with van der Waals surface area (Å²) in [6.45, 7) is 4.56. The summed E-state index contributed by atoms with van der Waals surface area (Å²) in [6.07, 6.45) is 4.34. The molecule has 4 rings (SSSR count). The predicted molar refractivity (Wildman–Crippen MR) is 111 cm³/mol. The summed E-state index contributed by atoms with van der Waals surface area (Å²) in [6, 6.07) is 0.103. The van der Waals surface area contributed by atoms with Gasteiger partial charge >= 0.3 is 6.09 Å². The van der Waals surface area contributed by atoms with Crippen molar-refractivity contribution in [2.24, 2.45) is 11.7 Å². The fraction of sp³-hybridized carbons (Fsp3) is 0.682. The van der Waals surface area contributed by atoms with Gasteiger partial charge in [0.25, 0.3) is 0 Å². The maximum Gasteiger partial charge on any atom is 0.404 e. The monoisotopic (exact) mass is 433 g/mol. The van der Waals surface area contributed by atoms with Gasteiger partial charge in [0.15, 0.2) is 11.5 Å². The maximum absolute atomic E-state index is 13.5. The van der Waals surface area contributed by atoms with Gasteiger partial charge in [-0.25, -0.2) is 4.79 Å². The topological polar surface area (TPSA) is 130 Å². The summed E-state index contributed by atoms with van der Waals surface area (Å²) in [5.41, 5.74) is 5.18. The fourth-order valence-corrected chi connectivity index (χ4v) is 5.32. The summed E-state index contributed by atoms with van der Waals surface area (Å²) < 4.78 is 16.9. The summed E-state index contributed by atoms with van der Waals surface area (Å²) in [5.74, 6) is -1.12. The van der Waals surface area contributed by atoms with Crippen LogP contribution in [-0.2, 0) is 23.8 Å². The Morgan fingerprint density at radius 3 is 2.65 bits per heavy atom. The predicted octanol–water partition coefficient (Wildman–Crippen LogP) is 1.38. The van der Waals surface area contributed by atoms with Crippen molar-refractivity contribution in [1.29, 1.82) is 0 Å². The lowest BCUT2D eigenvalue weighted by Gasteiger charge is -2.39. The van der Waals surface area contributed by atoms with Crippen LogP contribution in [0.5, 0.6) is 0 Å². The number of allylic oxidation sites excluding steroid dienone is 2. The molecule has 31 heavy (non-hydrogen) atoms. The first-order chi connectivity index (χ1) is 14.9. The molecular formula is C22H31N3O6. The number of amides is 1. The Hall–Kier alpha value is -2.39. The second-order valence-electron chi connectivity index (χ2n) is 8.64. The van der Waals surface area contributed by atoms with Crippen LogP contribution in [0.2, 0.25) is 0 Å². The van der Waals surface area contributed by atoms with Crippen LogP contribution in [0, 0.1) is 5.92 Å². The molecule has 0 aromatic heterocycles. The van der Waals surface area contributed by atoms with Crippen LogP contribution >= 0.6 is 0 Å². The van der Waals surface area contributed by atoms with Gasteiger partial charge in [0.05, 0.1) is 24.3 Å². The molecule has 4 atom stereocenters.